The number of benzene rings is 1. The van der Waals surface area contributed by atoms with Crippen LogP contribution in [0.3, 0.4) is 0 Å². The van der Waals surface area contributed by atoms with Gasteiger partial charge in [0.1, 0.15) is 0 Å². The zero-order chi connectivity index (χ0) is 18.3. The third kappa shape index (κ3) is 7.40. The molecule has 1 amide bonds. The summed E-state index contributed by atoms with van der Waals surface area (Å²) in [5, 5.41) is 9.37. The number of aryl methyl sites for hydroxylation is 1. The highest BCUT2D eigenvalue weighted by Gasteiger charge is 2.29. The van der Waals surface area contributed by atoms with E-state index in [2.05, 4.69) is 43.8 Å². The predicted molar refractivity (Wildman–Crippen MR) is 120 cm³/mol. The lowest BCUT2D eigenvalue weighted by molar-refractivity contribution is -0.116. The van der Waals surface area contributed by atoms with Gasteiger partial charge >= 0.3 is 0 Å². The van der Waals surface area contributed by atoms with Gasteiger partial charge in [0.05, 0.1) is 5.60 Å². The average molecular weight is 539 g/mol. The molecule has 1 aliphatic heterocycles. The van der Waals surface area contributed by atoms with Crippen LogP contribution >= 0.6 is 39.9 Å². The largest absolute Gasteiger partial charge is 0.373 e. The van der Waals surface area contributed by atoms with Crippen LogP contribution in [0.5, 0.6) is 0 Å². The van der Waals surface area contributed by atoms with Gasteiger partial charge in [-0.25, -0.2) is 0 Å². The van der Waals surface area contributed by atoms with Crippen molar-refractivity contribution in [1.29, 1.82) is 0 Å². The zero-order valence-corrected chi connectivity index (χ0v) is 19.4. The van der Waals surface area contributed by atoms with Crippen LogP contribution in [-0.2, 0) is 9.53 Å². The number of anilines is 1. The number of ether oxygens (including phenoxy) is 1. The molecule has 1 unspecified atom stereocenters. The van der Waals surface area contributed by atoms with Gasteiger partial charge in [0.15, 0.2) is 5.96 Å². The molecule has 3 N–H and O–H groups in total. The van der Waals surface area contributed by atoms with Crippen LogP contribution in [0, 0.1) is 6.92 Å². The lowest BCUT2D eigenvalue weighted by Crippen LogP contribution is -2.46. The Morgan fingerprint density at radius 2 is 2.15 bits per heavy atom. The van der Waals surface area contributed by atoms with Crippen LogP contribution in [0.25, 0.3) is 0 Å². The van der Waals surface area contributed by atoms with Crippen LogP contribution < -0.4 is 16.0 Å². The SMILES string of the molecule is CN=C(NCCC(=O)Nc1cc(Br)ccc1C)NCC1(C)CCCO1.I. The number of rotatable bonds is 6. The number of amides is 1. The van der Waals surface area contributed by atoms with E-state index in [4.69, 9.17) is 4.74 Å². The minimum atomic E-state index is -0.132. The summed E-state index contributed by atoms with van der Waals surface area (Å²) < 4.78 is 6.70. The Kier molecular flexibility index (Phi) is 9.88. The molecule has 0 saturated carbocycles. The Hall–Kier alpha value is -0.870. The summed E-state index contributed by atoms with van der Waals surface area (Å²) in [6.45, 7) is 6.11. The van der Waals surface area contributed by atoms with Gasteiger partial charge in [-0.15, -0.1) is 24.0 Å². The van der Waals surface area contributed by atoms with Crippen LogP contribution in [0.2, 0.25) is 0 Å². The minimum Gasteiger partial charge on any atom is -0.373 e. The Balaban J connectivity index is 0.00000338. The Morgan fingerprint density at radius 3 is 2.81 bits per heavy atom. The molecule has 0 spiro atoms. The summed E-state index contributed by atoms with van der Waals surface area (Å²) in [4.78, 5) is 16.3. The first-order valence-electron chi connectivity index (χ1n) is 8.56. The molecule has 1 fully saturated rings. The summed E-state index contributed by atoms with van der Waals surface area (Å²) >= 11 is 3.42. The summed E-state index contributed by atoms with van der Waals surface area (Å²) in [5.41, 5.74) is 1.73. The molecule has 26 heavy (non-hydrogen) atoms. The molecule has 0 aliphatic carbocycles. The van der Waals surface area contributed by atoms with E-state index in [0.29, 0.717) is 25.5 Å². The number of guanidine groups is 1. The van der Waals surface area contributed by atoms with E-state index in [-0.39, 0.29) is 35.5 Å². The molecule has 6 nitrogen and oxygen atoms in total. The van der Waals surface area contributed by atoms with Gasteiger partial charge in [-0.05, 0) is 44.4 Å². The number of halogens is 2. The van der Waals surface area contributed by atoms with Crippen molar-refractivity contribution < 1.29 is 9.53 Å². The first-order chi connectivity index (χ1) is 11.9. The van der Waals surface area contributed by atoms with Gasteiger partial charge in [0, 0.05) is 43.3 Å². The quantitative estimate of drug-likeness (QED) is 0.295. The lowest BCUT2D eigenvalue weighted by atomic mass is 10.0. The number of carbonyl (C=O) groups excluding carboxylic acids is 1. The summed E-state index contributed by atoms with van der Waals surface area (Å²) in [5.74, 6) is 0.651. The molecular weight excluding hydrogens is 511 g/mol. The van der Waals surface area contributed by atoms with Crippen LogP contribution in [-0.4, -0.2) is 44.2 Å². The summed E-state index contributed by atoms with van der Waals surface area (Å²) in [6, 6.07) is 5.83. The van der Waals surface area contributed by atoms with Crippen molar-refractivity contribution in [1.82, 2.24) is 10.6 Å². The first-order valence-corrected chi connectivity index (χ1v) is 9.36. The molecule has 0 bridgehead atoms. The van der Waals surface area contributed by atoms with Crippen molar-refractivity contribution >= 4 is 57.5 Å². The monoisotopic (exact) mass is 538 g/mol. The Morgan fingerprint density at radius 1 is 1.38 bits per heavy atom. The minimum absolute atomic E-state index is 0. The molecule has 1 aromatic carbocycles. The standard InChI is InChI=1S/C18H27BrN4O2.HI/c1-13-5-6-14(19)11-15(13)23-16(24)7-9-21-17(20-3)22-12-18(2)8-4-10-25-18;/h5-6,11H,4,7-10,12H2,1-3H3,(H,23,24)(H2,20,21,22);1H. The van der Waals surface area contributed by atoms with E-state index in [1.807, 2.05) is 25.1 Å². The fraction of sp³-hybridized carbons (Fsp3) is 0.556. The highest BCUT2D eigenvalue weighted by molar-refractivity contribution is 14.0. The normalized spacial score (nSPS) is 19.6. The van der Waals surface area contributed by atoms with Gasteiger partial charge in [-0.3, -0.25) is 9.79 Å². The fourth-order valence-electron chi connectivity index (χ4n) is 2.70. The van der Waals surface area contributed by atoms with Crippen LogP contribution in [0.1, 0.15) is 31.7 Å². The third-order valence-electron chi connectivity index (χ3n) is 4.27. The molecule has 2 rings (SSSR count). The maximum Gasteiger partial charge on any atom is 0.226 e. The van der Waals surface area contributed by atoms with Crippen LogP contribution in [0.15, 0.2) is 27.7 Å². The maximum atomic E-state index is 12.1. The van der Waals surface area contributed by atoms with E-state index in [0.717, 1.165) is 35.2 Å². The van der Waals surface area contributed by atoms with Crippen molar-refractivity contribution in [3.63, 3.8) is 0 Å². The first kappa shape index (κ1) is 23.2. The predicted octanol–water partition coefficient (Wildman–Crippen LogP) is 3.44. The van der Waals surface area contributed by atoms with Gasteiger partial charge < -0.3 is 20.7 Å². The second kappa shape index (κ2) is 11.1. The smallest absolute Gasteiger partial charge is 0.226 e. The van der Waals surface area contributed by atoms with Gasteiger partial charge in [-0.2, -0.15) is 0 Å². The highest BCUT2D eigenvalue weighted by Crippen LogP contribution is 2.23. The molecular formula is C18H28BrIN4O2. The Labute approximate surface area is 181 Å². The highest BCUT2D eigenvalue weighted by atomic mass is 127. The lowest BCUT2D eigenvalue weighted by Gasteiger charge is -2.24. The molecule has 1 aromatic rings. The van der Waals surface area contributed by atoms with Crippen molar-refractivity contribution in [2.75, 3.05) is 32.1 Å². The number of hydrogen-bond acceptors (Lipinski definition) is 3. The molecule has 8 heteroatoms. The topological polar surface area (TPSA) is 74.8 Å². The van der Waals surface area contributed by atoms with Gasteiger partial charge in [0.2, 0.25) is 5.91 Å². The van der Waals surface area contributed by atoms with Crippen molar-refractivity contribution in [2.45, 2.75) is 38.7 Å². The number of nitrogens with zero attached hydrogens (tertiary/aromatic N) is 1. The van der Waals surface area contributed by atoms with E-state index in [1.165, 1.54) is 0 Å². The third-order valence-corrected chi connectivity index (χ3v) is 4.77. The number of nitrogens with one attached hydrogen (secondary N) is 3. The van der Waals surface area contributed by atoms with E-state index in [1.54, 1.807) is 7.05 Å². The zero-order valence-electron chi connectivity index (χ0n) is 15.5. The van der Waals surface area contributed by atoms with Crippen molar-refractivity contribution in [3.8, 4) is 0 Å². The van der Waals surface area contributed by atoms with Crippen molar-refractivity contribution in [3.05, 3.63) is 28.2 Å². The molecule has 1 heterocycles. The molecule has 1 saturated heterocycles. The second-order valence-electron chi connectivity index (χ2n) is 6.51. The molecule has 146 valence electrons. The molecule has 0 aromatic heterocycles. The number of aliphatic imine (C=N–C) groups is 1. The van der Waals surface area contributed by atoms with E-state index < -0.39 is 0 Å². The molecule has 0 radical (unpaired) electrons. The average Bonchev–Trinajstić information content (AvgIpc) is 3.01. The van der Waals surface area contributed by atoms with Crippen LogP contribution in [0.4, 0.5) is 5.69 Å². The van der Waals surface area contributed by atoms with Gasteiger partial charge in [-0.1, -0.05) is 22.0 Å². The van der Waals surface area contributed by atoms with Gasteiger partial charge in [0.25, 0.3) is 0 Å². The molecule has 1 atom stereocenters. The molecule has 1 aliphatic rings. The number of carbonyl (C=O) groups is 1. The second-order valence-corrected chi connectivity index (χ2v) is 7.43. The Bertz CT molecular complexity index is 634. The van der Waals surface area contributed by atoms with E-state index >= 15 is 0 Å². The van der Waals surface area contributed by atoms with E-state index in [9.17, 15) is 4.79 Å². The van der Waals surface area contributed by atoms with Crippen molar-refractivity contribution in [2.24, 2.45) is 4.99 Å². The summed E-state index contributed by atoms with van der Waals surface area (Å²) in [6.07, 6.45) is 2.51. The maximum absolute atomic E-state index is 12.1. The fourth-order valence-corrected chi connectivity index (χ4v) is 3.06. The summed E-state index contributed by atoms with van der Waals surface area (Å²) in [7, 11) is 1.72. The number of hydrogen-bond donors (Lipinski definition) is 3.